The second-order valence-electron chi connectivity index (χ2n) is 5.79. The van der Waals surface area contributed by atoms with Crippen LogP contribution in [-0.4, -0.2) is 42.0 Å². The van der Waals surface area contributed by atoms with Gasteiger partial charge in [0.2, 0.25) is 11.7 Å². The van der Waals surface area contributed by atoms with Gasteiger partial charge in [0, 0.05) is 12.3 Å². The SMILES string of the molecule is CCOC(=O)COc1ncccc1Oc1ccc(F)c(NC(=O)CC(=O)C(F)(F)F)c1. The number of rotatable bonds is 9. The first kappa shape index (κ1) is 23.6. The normalized spacial score (nSPS) is 10.9. The van der Waals surface area contributed by atoms with E-state index in [1.807, 2.05) is 5.32 Å². The molecule has 0 atom stereocenters. The summed E-state index contributed by atoms with van der Waals surface area (Å²) in [5.41, 5.74) is -0.504. The zero-order valence-electron chi connectivity index (χ0n) is 16.0. The molecule has 1 N–H and O–H groups in total. The van der Waals surface area contributed by atoms with E-state index in [2.05, 4.69) is 4.98 Å². The molecule has 0 bridgehead atoms. The maximum Gasteiger partial charge on any atom is 0.450 e. The van der Waals surface area contributed by atoms with Crippen molar-refractivity contribution in [2.45, 2.75) is 19.5 Å². The summed E-state index contributed by atoms with van der Waals surface area (Å²) in [7, 11) is 0. The molecule has 2 rings (SSSR count). The fourth-order valence-electron chi connectivity index (χ4n) is 2.12. The van der Waals surface area contributed by atoms with E-state index in [9.17, 15) is 31.9 Å². The highest BCUT2D eigenvalue weighted by Crippen LogP contribution is 2.31. The lowest BCUT2D eigenvalue weighted by Gasteiger charge is -2.12. The molecule has 0 fully saturated rings. The van der Waals surface area contributed by atoms with Gasteiger partial charge in [-0.15, -0.1) is 0 Å². The lowest BCUT2D eigenvalue weighted by molar-refractivity contribution is -0.171. The highest BCUT2D eigenvalue weighted by atomic mass is 19.4. The average molecular weight is 444 g/mol. The van der Waals surface area contributed by atoms with Crippen molar-refractivity contribution < 1.29 is 46.2 Å². The first-order valence-electron chi connectivity index (χ1n) is 8.71. The van der Waals surface area contributed by atoms with Gasteiger partial charge in [-0.3, -0.25) is 9.59 Å². The van der Waals surface area contributed by atoms with Crippen LogP contribution < -0.4 is 14.8 Å². The number of pyridine rings is 1. The number of anilines is 1. The second kappa shape index (κ2) is 10.4. The minimum absolute atomic E-state index is 0.0305. The van der Waals surface area contributed by atoms with Gasteiger partial charge >= 0.3 is 12.1 Å². The van der Waals surface area contributed by atoms with Crippen molar-refractivity contribution in [3.63, 3.8) is 0 Å². The van der Waals surface area contributed by atoms with Crippen molar-refractivity contribution in [3.05, 3.63) is 42.3 Å². The molecule has 1 heterocycles. The third kappa shape index (κ3) is 7.24. The first-order valence-corrected chi connectivity index (χ1v) is 8.71. The van der Waals surface area contributed by atoms with Gasteiger partial charge < -0.3 is 19.5 Å². The van der Waals surface area contributed by atoms with Crippen LogP contribution in [0.15, 0.2) is 36.5 Å². The maximum absolute atomic E-state index is 13.9. The van der Waals surface area contributed by atoms with Gasteiger partial charge in [0.05, 0.1) is 18.7 Å². The van der Waals surface area contributed by atoms with Crippen molar-refractivity contribution >= 4 is 23.3 Å². The van der Waals surface area contributed by atoms with E-state index < -0.39 is 48.4 Å². The van der Waals surface area contributed by atoms with E-state index in [0.717, 1.165) is 12.1 Å². The number of ether oxygens (including phenoxy) is 3. The molecule has 0 aliphatic heterocycles. The Kier molecular flexibility index (Phi) is 7.88. The number of carbonyl (C=O) groups is 3. The molecule has 1 aromatic carbocycles. The summed E-state index contributed by atoms with van der Waals surface area (Å²) in [6.45, 7) is 1.34. The van der Waals surface area contributed by atoms with Crippen LogP contribution >= 0.6 is 0 Å². The van der Waals surface area contributed by atoms with Crippen molar-refractivity contribution in [3.8, 4) is 17.4 Å². The van der Waals surface area contributed by atoms with E-state index in [1.165, 1.54) is 24.4 Å². The molecule has 166 valence electrons. The number of hydrogen-bond donors (Lipinski definition) is 1. The molecule has 0 aliphatic carbocycles. The Bertz CT molecular complexity index is 965. The predicted octanol–water partition coefficient (Wildman–Crippen LogP) is 3.41. The van der Waals surface area contributed by atoms with Crippen LogP contribution in [0.1, 0.15) is 13.3 Å². The zero-order valence-corrected chi connectivity index (χ0v) is 16.0. The standard InChI is InChI=1S/C19H16F4N2O6/c1-2-29-17(28)10-30-18-14(4-3-7-24-18)31-11-5-6-12(20)13(8-11)25-16(27)9-15(26)19(21,22)23/h3-8H,2,9-10H2,1H3,(H,25,27). The minimum Gasteiger partial charge on any atom is -0.463 e. The number of alkyl halides is 3. The molecule has 12 heteroatoms. The lowest BCUT2D eigenvalue weighted by atomic mass is 10.2. The number of aromatic nitrogens is 1. The van der Waals surface area contributed by atoms with Crippen LogP contribution in [0.2, 0.25) is 0 Å². The Morgan fingerprint density at radius 3 is 2.58 bits per heavy atom. The molecule has 0 radical (unpaired) electrons. The van der Waals surface area contributed by atoms with Gasteiger partial charge in [-0.1, -0.05) is 0 Å². The number of Topliss-reactive ketones (excluding diaryl/α,β-unsaturated/α-hetero) is 1. The molecule has 8 nitrogen and oxygen atoms in total. The summed E-state index contributed by atoms with van der Waals surface area (Å²) in [5, 5.41) is 1.89. The number of hydrogen-bond acceptors (Lipinski definition) is 7. The maximum atomic E-state index is 13.9. The molecular weight excluding hydrogens is 428 g/mol. The number of esters is 1. The third-order valence-electron chi connectivity index (χ3n) is 3.45. The average Bonchev–Trinajstić information content (AvgIpc) is 2.69. The summed E-state index contributed by atoms with van der Waals surface area (Å²) < 4.78 is 66.2. The topological polar surface area (TPSA) is 104 Å². The van der Waals surface area contributed by atoms with Crippen molar-refractivity contribution in [2.75, 3.05) is 18.5 Å². The molecule has 0 saturated heterocycles. The Morgan fingerprint density at radius 1 is 1.16 bits per heavy atom. The molecular formula is C19H16F4N2O6. The third-order valence-corrected chi connectivity index (χ3v) is 3.45. The van der Waals surface area contributed by atoms with Gasteiger partial charge in [0.25, 0.3) is 5.88 Å². The molecule has 1 aromatic heterocycles. The number of benzene rings is 1. The Labute approximate surface area is 173 Å². The second-order valence-corrected chi connectivity index (χ2v) is 5.79. The zero-order chi connectivity index (χ0) is 23.0. The Hall–Kier alpha value is -3.70. The van der Waals surface area contributed by atoms with Crippen LogP contribution in [0.5, 0.6) is 17.4 Å². The van der Waals surface area contributed by atoms with Gasteiger partial charge in [-0.2, -0.15) is 13.2 Å². The van der Waals surface area contributed by atoms with Crippen molar-refractivity contribution in [1.29, 1.82) is 0 Å². The fourth-order valence-corrected chi connectivity index (χ4v) is 2.12. The van der Waals surface area contributed by atoms with Gasteiger partial charge in [-0.05, 0) is 31.2 Å². The largest absolute Gasteiger partial charge is 0.463 e. The summed E-state index contributed by atoms with van der Waals surface area (Å²) in [5.74, 6) is -5.31. The number of nitrogens with one attached hydrogen (secondary N) is 1. The van der Waals surface area contributed by atoms with E-state index >= 15 is 0 Å². The molecule has 0 aliphatic rings. The number of amides is 1. The van der Waals surface area contributed by atoms with Crippen LogP contribution in [0.4, 0.5) is 23.2 Å². The molecule has 0 spiro atoms. The van der Waals surface area contributed by atoms with E-state index in [4.69, 9.17) is 14.2 Å². The fraction of sp³-hybridized carbons (Fsp3) is 0.263. The lowest BCUT2D eigenvalue weighted by Crippen LogP contribution is -2.28. The summed E-state index contributed by atoms with van der Waals surface area (Å²) in [6.07, 6.45) is -5.31. The van der Waals surface area contributed by atoms with Crippen LogP contribution in [-0.2, 0) is 19.1 Å². The van der Waals surface area contributed by atoms with Gasteiger partial charge in [0.15, 0.2) is 12.4 Å². The van der Waals surface area contributed by atoms with Crippen molar-refractivity contribution in [1.82, 2.24) is 4.98 Å². The van der Waals surface area contributed by atoms with Crippen LogP contribution in [0, 0.1) is 5.82 Å². The van der Waals surface area contributed by atoms with E-state index in [-0.39, 0.29) is 24.0 Å². The highest BCUT2D eigenvalue weighted by Gasteiger charge is 2.39. The molecule has 0 saturated carbocycles. The monoisotopic (exact) mass is 444 g/mol. The summed E-state index contributed by atoms with van der Waals surface area (Å²) >= 11 is 0. The van der Waals surface area contributed by atoms with Gasteiger partial charge in [-0.25, -0.2) is 14.2 Å². The highest BCUT2D eigenvalue weighted by molar-refractivity contribution is 6.06. The Balaban J connectivity index is 2.11. The molecule has 2 aromatic rings. The smallest absolute Gasteiger partial charge is 0.450 e. The number of nitrogens with zero attached hydrogens (tertiary/aromatic N) is 1. The van der Waals surface area contributed by atoms with E-state index in [0.29, 0.717) is 0 Å². The number of ketones is 1. The van der Waals surface area contributed by atoms with E-state index in [1.54, 1.807) is 6.92 Å². The summed E-state index contributed by atoms with van der Waals surface area (Å²) in [4.78, 5) is 37.8. The van der Waals surface area contributed by atoms with Crippen LogP contribution in [0.3, 0.4) is 0 Å². The van der Waals surface area contributed by atoms with Crippen LogP contribution in [0.25, 0.3) is 0 Å². The Morgan fingerprint density at radius 2 is 1.90 bits per heavy atom. The number of halogens is 4. The minimum atomic E-state index is -5.18. The molecule has 31 heavy (non-hydrogen) atoms. The first-order chi connectivity index (χ1) is 14.6. The molecule has 1 amide bonds. The molecule has 0 unspecified atom stereocenters. The quantitative estimate of drug-likeness (QED) is 0.359. The summed E-state index contributed by atoms with van der Waals surface area (Å²) in [6, 6.07) is 5.98. The predicted molar refractivity (Wildman–Crippen MR) is 97.1 cm³/mol. The van der Waals surface area contributed by atoms with Crippen molar-refractivity contribution in [2.24, 2.45) is 0 Å². The number of carbonyl (C=O) groups excluding carboxylic acids is 3. The van der Waals surface area contributed by atoms with Gasteiger partial charge in [0.1, 0.15) is 11.6 Å².